The molecular weight excluding hydrogens is 156 g/mol. The Labute approximate surface area is 72.2 Å². The van der Waals surface area contributed by atoms with Crippen molar-refractivity contribution in [1.82, 2.24) is 5.01 Å². The van der Waals surface area contributed by atoms with Crippen LogP contribution >= 0.6 is 0 Å². The Morgan fingerprint density at radius 2 is 2.25 bits per heavy atom. The van der Waals surface area contributed by atoms with Crippen LogP contribution in [-0.2, 0) is 4.74 Å². The van der Waals surface area contributed by atoms with Crippen LogP contribution in [0.1, 0.15) is 19.8 Å². The van der Waals surface area contributed by atoms with Crippen molar-refractivity contribution in [2.45, 2.75) is 19.8 Å². The van der Waals surface area contributed by atoms with E-state index in [1.807, 2.05) is 0 Å². The summed E-state index contributed by atoms with van der Waals surface area (Å²) in [6, 6.07) is 0. The van der Waals surface area contributed by atoms with Crippen molar-refractivity contribution in [2.24, 2.45) is 11.0 Å². The predicted octanol–water partition coefficient (Wildman–Crippen LogP) is 1.47. The van der Waals surface area contributed by atoms with Crippen molar-refractivity contribution in [3.8, 4) is 0 Å². The molecule has 0 aromatic carbocycles. The second kappa shape index (κ2) is 3.56. The molecular formula is C8H14N2O2. The van der Waals surface area contributed by atoms with Gasteiger partial charge in [-0.2, -0.15) is 5.10 Å². The Bertz CT molecular complexity index is 205. The summed E-state index contributed by atoms with van der Waals surface area (Å²) < 4.78 is 4.49. The topological polar surface area (TPSA) is 41.9 Å². The molecule has 0 aromatic rings. The van der Waals surface area contributed by atoms with Gasteiger partial charge in [0.25, 0.3) is 0 Å². The smallest absolute Gasteiger partial charge is 0.429 e. The zero-order valence-electron chi connectivity index (χ0n) is 7.70. The molecule has 0 aliphatic heterocycles. The van der Waals surface area contributed by atoms with E-state index in [1.165, 1.54) is 12.1 Å². The Kier molecular flexibility index (Phi) is 2.68. The highest BCUT2D eigenvalue weighted by Crippen LogP contribution is 2.23. The lowest BCUT2D eigenvalue weighted by Gasteiger charge is -2.24. The van der Waals surface area contributed by atoms with E-state index in [0.717, 1.165) is 24.5 Å². The molecule has 0 radical (unpaired) electrons. The quantitative estimate of drug-likeness (QED) is 0.559. The lowest BCUT2D eigenvalue weighted by atomic mass is 9.85. The van der Waals surface area contributed by atoms with Gasteiger partial charge in [-0.25, -0.2) is 9.80 Å². The summed E-state index contributed by atoms with van der Waals surface area (Å²) in [6.45, 7) is 2.16. The minimum Gasteiger partial charge on any atom is -0.451 e. The van der Waals surface area contributed by atoms with E-state index in [0.29, 0.717) is 0 Å². The first kappa shape index (κ1) is 9.03. The minimum absolute atomic E-state index is 0.415. The van der Waals surface area contributed by atoms with Gasteiger partial charge in [0, 0.05) is 12.8 Å². The predicted molar refractivity (Wildman–Crippen MR) is 46.0 cm³/mol. The zero-order chi connectivity index (χ0) is 9.14. The van der Waals surface area contributed by atoms with Gasteiger partial charge in [0.1, 0.15) is 0 Å². The molecule has 0 saturated heterocycles. The number of amides is 1. The van der Waals surface area contributed by atoms with Gasteiger partial charge in [0.2, 0.25) is 0 Å². The van der Waals surface area contributed by atoms with Crippen LogP contribution in [0.3, 0.4) is 0 Å². The Hall–Kier alpha value is -1.06. The highest BCUT2D eigenvalue weighted by molar-refractivity contribution is 5.90. The first-order valence-corrected chi connectivity index (χ1v) is 4.01. The third-order valence-electron chi connectivity index (χ3n) is 1.90. The van der Waals surface area contributed by atoms with Gasteiger partial charge in [0.05, 0.1) is 7.11 Å². The Morgan fingerprint density at radius 1 is 1.67 bits per heavy atom. The van der Waals surface area contributed by atoms with E-state index in [1.54, 1.807) is 7.05 Å². The summed E-state index contributed by atoms with van der Waals surface area (Å²) in [6.07, 6.45) is 1.59. The third-order valence-corrected chi connectivity index (χ3v) is 1.90. The lowest BCUT2D eigenvalue weighted by Crippen LogP contribution is -2.28. The SMILES string of the molecule is COC(=O)N(C)N=C1CC(C)C1. The summed E-state index contributed by atoms with van der Waals surface area (Å²) in [5.74, 6) is 0.717. The number of ether oxygens (including phenoxy) is 1. The normalized spacial score (nSPS) is 21.2. The summed E-state index contributed by atoms with van der Waals surface area (Å²) in [7, 11) is 2.95. The largest absolute Gasteiger partial charge is 0.451 e. The molecule has 68 valence electrons. The van der Waals surface area contributed by atoms with E-state index in [-0.39, 0.29) is 0 Å². The molecule has 4 heteroatoms. The average Bonchev–Trinajstić information content (AvgIpc) is 2.00. The van der Waals surface area contributed by atoms with Gasteiger partial charge in [-0.3, -0.25) is 0 Å². The molecule has 0 bridgehead atoms. The minimum atomic E-state index is -0.415. The highest BCUT2D eigenvalue weighted by atomic mass is 16.5. The first-order chi connectivity index (χ1) is 5.63. The molecule has 4 nitrogen and oxygen atoms in total. The molecule has 0 atom stereocenters. The van der Waals surface area contributed by atoms with Crippen LogP contribution in [0.25, 0.3) is 0 Å². The molecule has 12 heavy (non-hydrogen) atoms. The molecule has 0 spiro atoms. The number of methoxy groups -OCH3 is 1. The third kappa shape index (κ3) is 1.96. The van der Waals surface area contributed by atoms with Gasteiger partial charge < -0.3 is 4.74 Å². The summed E-state index contributed by atoms with van der Waals surface area (Å²) in [5.41, 5.74) is 1.08. The molecule has 1 saturated carbocycles. The standard InChI is InChI=1S/C8H14N2O2/c1-6-4-7(5-6)9-10(2)8(11)12-3/h6H,4-5H2,1-3H3. The van der Waals surface area contributed by atoms with Crippen LogP contribution in [0.15, 0.2) is 5.10 Å². The number of hydrazone groups is 1. The van der Waals surface area contributed by atoms with Crippen LogP contribution < -0.4 is 0 Å². The average molecular weight is 170 g/mol. The fraction of sp³-hybridized carbons (Fsp3) is 0.750. The fourth-order valence-corrected chi connectivity index (χ4v) is 1.21. The Morgan fingerprint density at radius 3 is 2.67 bits per heavy atom. The van der Waals surface area contributed by atoms with Crippen LogP contribution in [0.2, 0.25) is 0 Å². The van der Waals surface area contributed by atoms with Crippen LogP contribution in [0.4, 0.5) is 4.79 Å². The maximum absolute atomic E-state index is 10.9. The van der Waals surface area contributed by atoms with E-state index in [9.17, 15) is 4.79 Å². The fourth-order valence-electron chi connectivity index (χ4n) is 1.21. The van der Waals surface area contributed by atoms with Gasteiger partial charge in [-0.05, 0) is 18.8 Å². The number of carbonyl (C=O) groups is 1. The number of rotatable bonds is 1. The van der Waals surface area contributed by atoms with Gasteiger partial charge in [-0.1, -0.05) is 6.92 Å². The number of carbonyl (C=O) groups excluding carboxylic acids is 1. The van der Waals surface area contributed by atoms with Crippen molar-refractivity contribution < 1.29 is 9.53 Å². The highest BCUT2D eigenvalue weighted by Gasteiger charge is 2.21. The van der Waals surface area contributed by atoms with Crippen molar-refractivity contribution in [1.29, 1.82) is 0 Å². The number of hydrogen-bond acceptors (Lipinski definition) is 3. The monoisotopic (exact) mass is 170 g/mol. The number of nitrogens with zero attached hydrogens (tertiary/aromatic N) is 2. The van der Waals surface area contributed by atoms with Crippen LogP contribution in [0.5, 0.6) is 0 Å². The van der Waals surface area contributed by atoms with Crippen LogP contribution in [-0.4, -0.2) is 31.0 Å². The molecule has 1 aliphatic carbocycles. The van der Waals surface area contributed by atoms with Gasteiger partial charge in [-0.15, -0.1) is 0 Å². The zero-order valence-corrected chi connectivity index (χ0v) is 7.70. The van der Waals surface area contributed by atoms with E-state index in [4.69, 9.17) is 0 Å². The summed E-state index contributed by atoms with van der Waals surface area (Å²) >= 11 is 0. The molecule has 0 heterocycles. The van der Waals surface area contributed by atoms with Crippen molar-refractivity contribution in [3.63, 3.8) is 0 Å². The van der Waals surface area contributed by atoms with E-state index in [2.05, 4.69) is 16.8 Å². The molecule has 0 N–H and O–H groups in total. The maximum atomic E-state index is 10.9. The van der Waals surface area contributed by atoms with E-state index >= 15 is 0 Å². The molecule has 1 amide bonds. The Balaban J connectivity index is 2.40. The first-order valence-electron chi connectivity index (χ1n) is 4.01. The maximum Gasteiger partial charge on any atom is 0.429 e. The molecule has 1 rings (SSSR count). The van der Waals surface area contributed by atoms with Crippen molar-refractivity contribution >= 4 is 11.8 Å². The second-order valence-electron chi connectivity index (χ2n) is 3.17. The van der Waals surface area contributed by atoms with Gasteiger partial charge >= 0.3 is 6.09 Å². The van der Waals surface area contributed by atoms with E-state index < -0.39 is 6.09 Å². The molecule has 0 aromatic heterocycles. The molecule has 1 aliphatic rings. The van der Waals surface area contributed by atoms with Crippen molar-refractivity contribution in [3.05, 3.63) is 0 Å². The summed E-state index contributed by atoms with van der Waals surface area (Å²) in [5, 5.41) is 5.32. The van der Waals surface area contributed by atoms with Gasteiger partial charge in [0.15, 0.2) is 0 Å². The number of hydrogen-bond donors (Lipinski definition) is 0. The second-order valence-corrected chi connectivity index (χ2v) is 3.17. The lowest BCUT2D eigenvalue weighted by molar-refractivity contribution is 0.134. The molecule has 0 unspecified atom stereocenters. The summed E-state index contributed by atoms with van der Waals surface area (Å²) in [4.78, 5) is 10.9. The molecule has 1 fully saturated rings. The van der Waals surface area contributed by atoms with Crippen molar-refractivity contribution in [2.75, 3.05) is 14.2 Å². The van der Waals surface area contributed by atoms with Crippen LogP contribution in [0, 0.1) is 5.92 Å².